The molecule has 0 radical (unpaired) electrons. The zero-order chi connectivity index (χ0) is 21.8. The molecule has 1 amide bonds. The van der Waals surface area contributed by atoms with Gasteiger partial charge in [-0.15, -0.1) is 10.2 Å². The number of aromatic nitrogens is 4. The first-order chi connectivity index (χ1) is 15.8. The number of pyridine rings is 1. The minimum absolute atomic E-state index is 0.00724. The maximum Gasteiger partial charge on any atom is 0.230 e. The Balaban J connectivity index is 1.31. The van der Waals surface area contributed by atoms with E-state index in [0.717, 1.165) is 30.6 Å². The van der Waals surface area contributed by atoms with Crippen LogP contribution in [0, 0.1) is 0 Å². The number of thioether (sulfide) groups is 1. The predicted molar refractivity (Wildman–Crippen MR) is 122 cm³/mol. The van der Waals surface area contributed by atoms with Crippen molar-refractivity contribution in [3.8, 4) is 11.4 Å². The van der Waals surface area contributed by atoms with Crippen molar-refractivity contribution in [3.63, 3.8) is 0 Å². The monoisotopic (exact) mass is 445 g/mol. The molecule has 1 aromatic carbocycles. The quantitative estimate of drug-likeness (QED) is 0.428. The van der Waals surface area contributed by atoms with E-state index >= 15 is 0 Å². The number of fused-ring (bicyclic) bond motifs is 1. The summed E-state index contributed by atoms with van der Waals surface area (Å²) >= 11 is 1.38. The van der Waals surface area contributed by atoms with Crippen LogP contribution in [-0.4, -0.2) is 31.4 Å². The fourth-order valence-corrected chi connectivity index (χ4v) is 4.82. The lowest BCUT2D eigenvalue weighted by molar-refractivity contribution is -0.119. The predicted octanol–water partition coefficient (Wildman–Crippen LogP) is 4.27. The van der Waals surface area contributed by atoms with E-state index in [0.29, 0.717) is 17.5 Å². The Labute approximate surface area is 190 Å². The van der Waals surface area contributed by atoms with Crippen LogP contribution < -0.4 is 5.32 Å². The number of nitrogens with zero attached hydrogens (tertiary/aromatic N) is 4. The third kappa shape index (κ3) is 4.45. The average molecular weight is 446 g/mol. The van der Waals surface area contributed by atoms with Gasteiger partial charge in [-0.1, -0.05) is 36.0 Å². The summed E-state index contributed by atoms with van der Waals surface area (Å²) in [6, 6.07) is 16.0. The Hall–Kier alpha value is -3.39. The van der Waals surface area contributed by atoms with Crippen molar-refractivity contribution in [2.75, 3.05) is 5.75 Å². The number of hydrogen-bond acceptors (Lipinski definition) is 6. The van der Waals surface area contributed by atoms with E-state index in [1.807, 2.05) is 34.9 Å². The van der Waals surface area contributed by atoms with Gasteiger partial charge in [0.1, 0.15) is 5.76 Å². The van der Waals surface area contributed by atoms with Gasteiger partial charge in [0, 0.05) is 18.0 Å². The van der Waals surface area contributed by atoms with E-state index in [2.05, 4.69) is 38.7 Å². The van der Waals surface area contributed by atoms with E-state index in [1.54, 1.807) is 18.7 Å². The molecule has 32 heavy (non-hydrogen) atoms. The molecule has 0 saturated heterocycles. The summed E-state index contributed by atoms with van der Waals surface area (Å²) in [5.74, 6) is 1.74. The van der Waals surface area contributed by atoms with Crippen LogP contribution >= 0.6 is 11.8 Å². The van der Waals surface area contributed by atoms with Crippen LogP contribution in [0.25, 0.3) is 11.4 Å². The summed E-state index contributed by atoms with van der Waals surface area (Å²) in [6.07, 6.45) is 8.24. The zero-order valence-electron chi connectivity index (χ0n) is 17.5. The molecule has 0 saturated carbocycles. The molecule has 8 heteroatoms. The molecule has 3 aromatic heterocycles. The lowest BCUT2D eigenvalue weighted by Gasteiger charge is -2.26. The highest BCUT2D eigenvalue weighted by molar-refractivity contribution is 7.99. The summed E-state index contributed by atoms with van der Waals surface area (Å²) < 4.78 is 7.49. The fourth-order valence-electron chi connectivity index (χ4n) is 4.07. The molecule has 0 unspecified atom stereocenters. The van der Waals surface area contributed by atoms with Crippen molar-refractivity contribution in [3.05, 3.63) is 84.1 Å². The summed E-state index contributed by atoms with van der Waals surface area (Å²) in [4.78, 5) is 17.0. The molecule has 1 aliphatic carbocycles. The number of rotatable bonds is 7. The second-order valence-electron chi connectivity index (χ2n) is 7.71. The van der Waals surface area contributed by atoms with E-state index < -0.39 is 0 Å². The van der Waals surface area contributed by atoms with Gasteiger partial charge in [-0.05, 0) is 54.7 Å². The second kappa shape index (κ2) is 9.40. The van der Waals surface area contributed by atoms with Crippen LogP contribution in [0.5, 0.6) is 0 Å². The van der Waals surface area contributed by atoms with Crippen molar-refractivity contribution in [1.29, 1.82) is 0 Å². The zero-order valence-corrected chi connectivity index (χ0v) is 18.3. The molecule has 3 heterocycles. The molecule has 162 valence electrons. The molecule has 0 spiro atoms. The maximum absolute atomic E-state index is 12.8. The molecular weight excluding hydrogens is 422 g/mol. The number of benzene rings is 1. The minimum Gasteiger partial charge on any atom is -0.467 e. The van der Waals surface area contributed by atoms with Crippen LogP contribution in [0.15, 0.2) is 76.8 Å². The summed E-state index contributed by atoms with van der Waals surface area (Å²) in [7, 11) is 0. The van der Waals surface area contributed by atoms with E-state index in [9.17, 15) is 4.79 Å². The Morgan fingerprint density at radius 2 is 2.09 bits per heavy atom. The molecule has 7 nitrogen and oxygen atoms in total. The Kier molecular flexibility index (Phi) is 6.02. The van der Waals surface area contributed by atoms with Gasteiger partial charge in [-0.3, -0.25) is 14.3 Å². The maximum atomic E-state index is 12.8. The molecular formula is C24H23N5O2S. The third-order valence-electron chi connectivity index (χ3n) is 5.57. The van der Waals surface area contributed by atoms with Crippen molar-refractivity contribution in [2.45, 2.75) is 37.0 Å². The van der Waals surface area contributed by atoms with Crippen LogP contribution in [-0.2, 0) is 17.8 Å². The molecule has 0 bridgehead atoms. The van der Waals surface area contributed by atoms with Gasteiger partial charge in [0.2, 0.25) is 5.91 Å². The van der Waals surface area contributed by atoms with Crippen molar-refractivity contribution < 1.29 is 9.21 Å². The van der Waals surface area contributed by atoms with Gasteiger partial charge in [0.05, 0.1) is 24.6 Å². The Morgan fingerprint density at radius 3 is 2.94 bits per heavy atom. The van der Waals surface area contributed by atoms with Gasteiger partial charge >= 0.3 is 0 Å². The van der Waals surface area contributed by atoms with Crippen LogP contribution in [0.2, 0.25) is 0 Å². The second-order valence-corrected chi connectivity index (χ2v) is 8.66. The van der Waals surface area contributed by atoms with Crippen molar-refractivity contribution in [1.82, 2.24) is 25.1 Å². The molecule has 1 aliphatic rings. The smallest absolute Gasteiger partial charge is 0.230 e. The number of aryl methyl sites for hydroxylation is 1. The van der Waals surface area contributed by atoms with E-state index in [-0.39, 0.29) is 17.7 Å². The highest BCUT2D eigenvalue weighted by Gasteiger charge is 2.22. The Bertz CT molecular complexity index is 1190. The third-order valence-corrected chi connectivity index (χ3v) is 6.53. The standard InChI is InChI=1S/C24H23N5O2S/c30-22(26-21-11-3-7-17-6-1-2-10-20(17)21)16-32-24-28-27-23(18-8-4-12-25-14-18)29(24)15-19-9-5-13-31-19/h1-2,4-6,8-10,12-14,21H,3,7,11,15-16H2,(H,26,30)/t21-/m1/s1. The number of nitrogens with one attached hydrogen (secondary N) is 1. The first-order valence-corrected chi connectivity index (χ1v) is 11.6. The molecule has 0 aliphatic heterocycles. The van der Waals surface area contributed by atoms with Gasteiger partial charge in [0.15, 0.2) is 11.0 Å². The van der Waals surface area contributed by atoms with Crippen molar-refractivity contribution in [2.24, 2.45) is 0 Å². The lowest BCUT2D eigenvalue weighted by Crippen LogP contribution is -2.32. The van der Waals surface area contributed by atoms with Gasteiger partial charge in [0.25, 0.3) is 0 Å². The average Bonchev–Trinajstić information content (AvgIpc) is 3.49. The molecule has 1 atom stereocenters. The first kappa shape index (κ1) is 20.5. The van der Waals surface area contributed by atoms with E-state index in [1.165, 1.54) is 22.9 Å². The molecule has 1 N–H and O–H groups in total. The minimum atomic E-state index is -0.00724. The van der Waals surface area contributed by atoms with E-state index in [4.69, 9.17) is 4.42 Å². The Morgan fingerprint density at radius 1 is 1.16 bits per heavy atom. The van der Waals surface area contributed by atoms with Crippen molar-refractivity contribution >= 4 is 17.7 Å². The van der Waals surface area contributed by atoms with Gasteiger partial charge in [-0.25, -0.2) is 0 Å². The largest absolute Gasteiger partial charge is 0.467 e. The molecule has 0 fully saturated rings. The van der Waals surface area contributed by atoms with Crippen LogP contribution in [0.4, 0.5) is 0 Å². The van der Waals surface area contributed by atoms with Crippen LogP contribution in [0.1, 0.15) is 35.8 Å². The summed E-state index contributed by atoms with van der Waals surface area (Å²) in [6.45, 7) is 0.476. The first-order valence-electron chi connectivity index (χ1n) is 10.6. The van der Waals surface area contributed by atoms with Gasteiger partial charge in [-0.2, -0.15) is 0 Å². The van der Waals surface area contributed by atoms with Gasteiger partial charge < -0.3 is 9.73 Å². The number of hydrogen-bond donors (Lipinski definition) is 1. The lowest BCUT2D eigenvalue weighted by atomic mass is 9.88. The number of furan rings is 1. The normalized spacial score (nSPS) is 15.3. The summed E-state index contributed by atoms with van der Waals surface area (Å²) in [5.41, 5.74) is 3.43. The fraction of sp³-hybridized carbons (Fsp3) is 0.250. The molecule has 5 rings (SSSR count). The van der Waals surface area contributed by atoms with Crippen LogP contribution in [0.3, 0.4) is 0 Å². The molecule has 4 aromatic rings. The number of carbonyl (C=O) groups excluding carboxylic acids is 1. The number of carbonyl (C=O) groups is 1. The highest BCUT2D eigenvalue weighted by Crippen LogP contribution is 2.30. The SMILES string of the molecule is O=C(CSc1nnc(-c2cccnc2)n1Cc1ccco1)N[C@@H]1CCCc2ccccc21. The summed E-state index contributed by atoms with van der Waals surface area (Å²) in [5, 5.41) is 12.6. The number of amides is 1. The highest BCUT2D eigenvalue weighted by atomic mass is 32.2. The topological polar surface area (TPSA) is 85.8 Å².